The quantitative estimate of drug-likeness (QED) is 0.483. The van der Waals surface area contributed by atoms with Gasteiger partial charge in [0.2, 0.25) is 5.91 Å². The van der Waals surface area contributed by atoms with E-state index in [1.54, 1.807) is 37.3 Å². The van der Waals surface area contributed by atoms with E-state index in [0.29, 0.717) is 22.3 Å². The lowest BCUT2D eigenvalue weighted by Gasteiger charge is -2.29. The van der Waals surface area contributed by atoms with Gasteiger partial charge in [-0.3, -0.25) is 14.4 Å². The summed E-state index contributed by atoms with van der Waals surface area (Å²) in [5, 5.41) is 11.9. The summed E-state index contributed by atoms with van der Waals surface area (Å²) in [7, 11) is 0. The minimum absolute atomic E-state index is 0.0749. The average molecular weight is 527 g/mol. The first kappa shape index (κ1) is 22.4. The number of carbonyl (C=O) groups excluding carboxylic acids is 2. The molecule has 0 unspecified atom stereocenters. The lowest BCUT2D eigenvalue weighted by molar-refractivity contribution is -0.126. The number of imide groups is 1. The molecule has 0 spiro atoms. The number of hydrogen-bond acceptors (Lipinski definition) is 6. The highest BCUT2D eigenvalue weighted by Crippen LogP contribution is 2.50. The van der Waals surface area contributed by atoms with E-state index in [2.05, 4.69) is 15.9 Å². The molecule has 2 heterocycles. The first-order valence-electron chi connectivity index (χ1n) is 10.7. The molecule has 9 heteroatoms. The second kappa shape index (κ2) is 8.73. The highest BCUT2D eigenvalue weighted by Gasteiger charge is 2.60. The molecule has 1 N–H and O–H groups in total. The highest BCUT2D eigenvalue weighted by molar-refractivity contribution is 9.10. The van der Waals surface area contributed by atoms with Gasteiger partial charge in [0, 0.05) is 0 Å². The number of aromatic hydroxyl groups is 1. The van der Waals surface area contributed by atoms with Crippen molar-refractivity contribution in [1.82, 2.24) is 0 Å². The fourth-order valence-electron chi connectivity index (χ4n) is 4.45. The smallest absolute Gasteiger partial charge is 0.266 e. The summed E-state index contributed by atoms with van der Waals surface area (Å²) in [6, 6.07) is 17.3. The summed E-state index contributed by atoms with van der Waals surface area (Å²) in [5.74, 6) is -2.66. The Morgan fingerprint density at radius 2 is 1.76 bits per heavy atom. The van der Waals surface area contributed by atoms with Crippen molar-refractivity contribution in [1.29, 1.82) is 0 Å². The van der Waals surface area contributed by atoms with Crippen LogP contribution in [0.1, 0.15) is 18.5 Å². The average Bonchev–Trinajstić information content (AvgIpc) is 3.34. The molecule has 0 aromatic heterocycles. The number of anilines is 2. The molecule has 0 radical (unpaired) electrons. The molecule has 34 heavy (non-hydrogen) atoms. The number of ether oxygens (including phenoxy) is 1. The number of hydroxylamine groups is 1. The van der Waals surface area contributed by atoms with Crippen LogP contribution in [0.25, 0.3) is 0 Å². The normalized spacial score (nSPS) is 21.8. The lowest BCUT2D eigenvalue weighted by atomic mass is 9.90. The van der Waals surface area contributed by atoms with Gasteiger partial charge in [-0.1, -0.05) is 30.3 Å². The molecular weight excluding hydrogens is 507 g/mol. The fourth-order valence-corrected chi connectivity index (χ4v) is 4.91. The number of fused-ring (bicyclic) bond motifs is 1. The molecule has 3 aromatic rings. The van der Waals surface area contributed by atoms with Crippen LogP contribution in [0.2, 0.25) is 0 Å². The molecule has 3 atom stereocenters. The Morgan fingerprint density at radius 3 is 2.47 bits per heavy atom. The lowest BCUT2D eigenvalue weighted by Crippen LogP contribution is -2.37. The molecule has 174 valence electrons. The van der Waals surface area contributed by atoms with Gasteiger partial charge in [-0.05, 0) is 64.8 Å². The predicted octanol–water partition coefficient (Wildman–Crippen LogP) is 4.74. The zero-order chi connectivity index (χ0) is 24.0. The van der Waals surface area contributed by atoms with E-state index in [9.17, 15) is 19.1 Å². The zero-order valence-corrected chi connectivity index (χ0v) is 19.6. The molecule has 2 fully saturated rings. The third-order valence-electron chi connectivity index (χ3n) is 5.91. The summed E-state index contributed by atoms with van der Waals surface area (Å²) in [4.78, 5) is 33.8. The Bertz CT molecular complexity index is 1270. The van der Waals surface area contributed by atoms with Crippen LogP contribution in [0.5, 0.6) is 11.5 Å². The molecule has 0 saturated carbocycles. The van der Waals surface area contributed by atoms with Crippen LogP contribution in [-0.2, 0) is 14.4 Å². The second-order valence-electron chi connectivity index (χ2n) is 7.90. The Labute approximate surface area is 203 Å². The predicted molar refractivity (Wildman–Crippen MR) is 126 cm³/mol. The molecule has 5 rings (SSSR count). The number of phenols is 1. The number of nitrogens with zero attached hydrogens (tertiary/aromatic N) is 2. The Morgan fingerprint density at radius 1 is 1.06 bits per heavy atom. The molecular formula is C25H20BrFN2O5. The number of hydrogen-bond donors (Lipinski definition) is 1. The van der Waals surface area contributed by atoms with Crippen molar-refractivity contribution in [3.05, 3.63) is 82.6 Å². The Balaban J connectivity index is 1.64. The maximum Gasteiger partial charge on any atom is 0.266 e. The maximum atomic E-state index is 14.5. The summed E-state index contributed by atoms with van der Waals surface area (Å²) < 4.78 is 20.5. The summed E-state index contributed by atoms with van der Waals surface area (Å²) in [6.45, 7) is 2.11. The topological polar surface area (TPSA) is 79.3 Å². The molecule has 0 bridgehead atoms. The standard InChI is InChI=1S/C25H20BrFN2O5/c1-2-33-19-13-14(12-16(26)22(19)30)21-20-23(34-29(21)15-8-4-3-5-9-15)25(32)28(24(20)31)18-11-7-6-10-17(18)27/h3-13,20-21,23,30H,2H2,1H3/t20-,21+,23-/m0/s1. The number of amides is 2. The van der Waals surface area contributed by atoms with Crippen molar-refractivity contribution in [2.75, 3.05) is 16.6 Å². The molecule has 2 aliphatic heterocycles. The molecule has 2 saturated heterocycles. The van der Waals surface area contributed by atoms with Crippen LogP contribution in [0.3, 0.4) is 0 Å². The van der Waals surface area contributed by atoms with E-state index >= 15 is 0 Å². The van der Waals surface area contributed by atoms with E-state index in [1.165, 1.54) is 23.3 Å². The maximum absolute atomic E-state index is 14.5. The van der Waals surface area contributed by atoms with E-state index in [0.717, 1.165) is 4.90 Å². The van der Waals surface area contributed by atoms with Crippen molar-refractivity contribution < 1.29 is 28.7 Å². The Kier molecular flexibility index (Phi) is 5.75. The van der Waals surface area contributed by atoms with Crippen LogP contribution in [0.15, 0.2) is 71.2 Å². The third-order valence-corrected chi connectivity index (χ3v) is 6.52. The van der Waals surface area contributed by atoms with Gasteiger partial charge in [-0.25, -0.2) is 14.4 Å². The fraction of sp³-hybridized carbons (Fsp3) is 0.200. The van der Waals surface area contributed by atoms with Gasteiger partial charge in [-0.15, -0.1) is 0 Å². The number of benzene rings is 3. The first-order chi connectivity index (χ1) is 16.4. The monoisotopic (exact) mass is 526 g/mol. The number of para-hydroxylation sites is 2. The van der Waals surface area contributed by atoms with Crippen molar-refractivity contribution in [3.63, 3.8) is 0 Å². The van der Waals surface area contributed by atoms with Crippen LogP contribution < -0.4 is 14.7 Å². The zero-order valence-electron chi connectivity index (χ0n) is 18.0. The number of halogens is 2. The van der Waals surface area contributed by atoms with Gasteiger partial charge < -0.3 is 9.84 Å². The Hall–Kier alpha value is -3.43. The third kappa shape index (κ3) is 3.52. The van der Waals surface area contributed by atoms with E-state index in [-0.39, 0.29) is 17.2 Å². The summed E-state index contributed by atoms with van der Waals surface area (Å²) in [5.41, 5.74) is 1.12. The van der Waals surface area contributed by atoms with Crippen LogP contribution in [0.4, 0.5) is 15.8 Å². The van der Waals surface area contributed by atoms with Gasteiger partial charge in [0.25, 0.3) is 5.91 Å². The van der Waals surface area contributed by atoms with Crippen LogP contribution >= 0.6 is 15.9 Å². The molecule has 7 nitrogen and oxygen atoms in total. The van der Waals surface area contributed by atoms with E-state index in [1.807, 2.05) is 18.2 Å². The molecule has 0 aliphatic carbocycles. The molecule has 3 aromatic carbocycles. The minimum Gasteiger partial charge on any atom is -0.503 e. The summed E-state index contributed by atoms with van der Waals surface area (Å²) >= 11 is 3.35. The van der Waals surface area contributed by atoms with Gasteiger partial charge in [0.05, 0.1) is 28.5 Å². The van der Waals surface area contributed by atoms with Crippen molar-refractivity contribution in [2.45, 2.75) is 19.1 Å². The SMILES string of the molecule is CCOc1cc([C@@H]2[C@@H]3C(=O)N(c4ccccc4F)C(=O)[C@H]3ON2c2ccccc2)cc(Br)c1O. The van der Waals surface area contributed by atoms with Gasteiger partial charge in [0.15, 0.2) is 17.6 Å². The number of rotatable bonds is 5. The van der Waals surface area contributed by atoms with Crippen LogP contribution in [0, 0.1) is 11.7 Å². The van der Waals surface area contributed by atoms with Gasteiger partial charge in [0.1, 0.15) is 11.7 Å². The van der Waals surface area contributed by atoms with Crippen molar-refractivity contribution in [3.8, 4) is 11.5 Å². The second-order valence-corrected chi connectivity index (χ2v) is 8.76. The van der Waals surface area contributed by atoms with Gasteiger partial charge >= 0.3 is 0 Å². The molecule has 2 amide bonds. The van der Waals surface area contributed by atoms with Crippen molar-refractivity contribution >= 4 is 39.1 Å². The first-order valence-corrected chi connectivity index (χ1v) is 11.5. The molecule has 2 aliphatic rings. The van der Waals surface area contributed by atoms with Crippen molar-refractivity contribution in [2.24, 2.45) is 5.92 Å². The van der Waals surface area contributed by atoms with Crippen LogP contribution in [-0.4, -0.2) is 29.6 Å². The minimum atomic E-state index is -1.14. The van der Waals surface area contributed by atoms with E-state index in [4.69, 9.17) is 9.57 Å². The van der Waals surface area contributed by atoms with Gasteiger partial charge in [-0.2, -0.15) is 0 Å². The largest absolute Gasteiger partial charge is 0.503 e. The highest BCUT2D eigenvalue weighted by atomic mass is 79.9. The van der Waals surface area contributed by atoms with E-state index < -0.39 is 35.7 Å². The number of carbonyl (C=O) groups is 2. The number of phenolic OH excluding ortho intramolecular Hbond substituents is 1. The summed E-state index contributed by atoms with van der Waals surface area (Å²) in [6.07, 6.45) is -1.14.